The zero-order valence-electron chi connectivity index (χ0n) is 12.0. The zero-order valence-corrected chi connectivity index (χ0v) is 13.0. The molecule has 4 heteroatoms. The van der Waals surface area contributed by atoms with Crippen molar-refractivity contribution in [1.82, 2.24) is 0 Å². The Morgan fingerprint density at radius 3 is 2.44 bits per heavy atom. The minimum absolute atomic E-state index is 0.169. The molecule has 2 N–H and O–H groups in total. The Morgan fingerprint density at radius 2 is 1.94 bits per heavy atom. The third-order valence-electron chi connectivity index (χ3n) is 2.27. The molecule has 0 saturated heterocycles. The van der Waals surface area contributed by atoms with Gasteiger partial charge in [-0.1, -0.05) is 26.8 Å². The summed E-state index contributed by atoms with van der Waals surface area (Å²) in [6, 6.07) is 7.48. The number of hydrogen-bond acceptors (Lipinski definition) is 3. The molecule has 1 aromatic carbocycles. The Labute approximate surface area is 112 Å². The molecule has 0 fully saturated rings. The zero-order chi connectivity index (χ0) is 13.8. The topological polar surface area (TPSA) is 44.5 Å². The predicted molar refractivity (Wildman–Crippen MR) is 77.9 cm³/mol. The minimum Gasteiger partial charge on any atom is -0.466 e. The van der Waals surface area contributed by atoms with E-state index in [2.05, 4.69) is 33.9 Å². The molecule has 101 valence electrons. The summed E-state index contributed by atoms with van der Waals surface area (Å²) in [5.41, 5.74) is 6.63. The normalized spacial score (nSPS) is 13.7. The van der Waals surface area contributed by atoms with E-state index in [4.69, 9.17) is 14.9 Å². The fraction of sp³-hybridized carbons (Fsp3) is 0.571. The van der Waals surface area contributed by atoms with E-state index in [9.17, 15) is 0 Å². The average molecular weight is 266 g/mol. The van der Waals surface area contributed by atoms with Gasteiger partial charge in [0.1, 0.15) is 5.75 Å². The van der Waals surface area contributed by atoms with Crippen LogP contribution in [0, 0.1) is 5.41 Å². The summed E-state index contributed by atoms with van der Waals surface area (Å²) in [7, 11) is -0.790. The van der Waals surface area contributed by atoms with Gasteiger partial charge in [0, 0.05) is 18.2 Å². The SMILES string of the molecule is C[Si](C)OC(CC(C)(C)C)Oc1cccc(N)c1. The van der Waals surface area contributed by atoms with Crippen LogP contribution in [0.15, 0.2) is 24.3 Å². The van der Waals surface area contributed by atoms with Crippen LogP contribution >= 0.6 is 0 Å². The molecule has 1 rings (SSSR count). The Morgan fingerprint density at radius 1 is 1.28 bits per heavy atom. The second kappa shape index (κ2) is 6.25. The van der Waals surface area contributed by atoms with Gasteiger partial charge in [0.2, 0.25) is 9.04 Å². The van der Waals surface area contributed by atoms with Crippen LogP contribution < -0.4 is 10.5 Å². The Bertz CT molecular complexity index is 374. The summed E-state index contributed by atoms with van der Waals surface area (Å²) in [5.74, 6) is 0.771. The first-order chi connectivity index (χ1) is 8.26. The van der Waals surface area contributed by atoms with Crippen molar-refractivity contribution >= 4 is 14.7 Å². The Balaban J connectivity index is 2.71. The van der Waals surface area contributed by atoms with E-state index in [1.165, 1.54) is 0 Å². The quantitative estimate of drug-likeness (QED) is 0.502. The van der Waals surface area contributed by atoms with Crippen LogP contribution in [0.4, 0.5) is 5.69 Å². The highest BCUT2D eigenvalue weighted by molar-refractivity contribution is 6.48. The van der Waals surface area contributed by atoms with Crippen molar-refractivity contribution in [3.63, 3.8) is 0 Å². The van der Waals surface area contributed by atoms with Gasteiger partial charge in [-0.25, -0.2) is 0 Å². The summed E-state index contributed by atoms with van der Waals surface area (Å²) in [5, 5.41) is 0. The first-order valence-electron chi connectivity index (χ1n) is 6.25. The van der Waals surface area contributed by atoms with Gasteiger partial charge in [-0.05, 0) is 30.6 Å². The maximum Gasteiger partial charge on any atom is 0.209 e. The van der Waals surface area contributed by atoms with Crippen molar-refractivity contribution in [2.75, 3.05) is 5.73 Å². The molecule has 0 spiro atoms. The molecule has 1 aromatic rings. The lowest BCUT2D eigenvalue weighted by atomic mass is 9.92. The van der Waals surface area contributed by atoms with Crippen molar-refractivity contribution in [2.45, 2.75) is 46.6 Å². The van der Waals surface area contributed by atoms with Gasteiger partial charge in [-0.2, -0.15) is 0 Å². The van der Waals surface area contributed by atoms with Crippen LogP contribution in [-0.2, 0) is 4.43 Å². The first-order valence-corrected chi connectivity index (χ1v) is 8.66. The molecule has 0 heterocycles. The molecule has 1 unspecified atom stereocenters. The smallest absolute Gasteiger partial charge is 0.209 e. The van der Waals surface area contributed by atoms with E-state index in [-0.39, 0.29) is 11.7 Å². The number of nitrogens with two attached hydrogens (primary N) is 1. The molecular formula is C14H24NO2Si. The monoisotopic (exact) mass is 266 g/mol. The summed E-state index contributed by atoms with van der Waals surface area (Å²) in [6.45, 7) is 10.8. The third-order valence-corrected chi connectivity index (χ3v) is 3.01. The number of anilines is 1. The van der Waals surface area contributed by atoms with Crippen LogP contribution in [0.5, 0.6) is 5.75 Å². The van der Waals surface area contributed by atoms with Gasteiger partial charge in [0.15, 0.2) is 6.29 Å². The van der Waals surface area contributed by atoms with Gasteiger partial charge in [-0.3, -0.25) is 0 Å². The Hall–Kier alpha value is -1.00. The lowest BCUT2D eigenvalue weighted by molar-refractivity contribution is -0.0246. The molecule has 0 amide bonds. The van der Waals surface area contributed by atoms with E-state index in [1.54, 1.807) is 0 Å². The van der Waals surface area contributed by atoms with Crippen molar-refractivity contribution < 1.29 is 9.16 Å². The van der Waals surface area contributed by atoms with Crippen LogP contribution in [0.3, 0.4) is 0 Å². The highest BCUT2D eigenvalue weighted by atomic mass is 28.3. The van der Waals surface area contributed by atoms with E-state index in [0.29, 0.717) is 5.69 Å². The number of ether oxygens (including phenoxy) is 1. The lowest BCUT2D eigenvalue weighted by Crippen LogP contribution is -2.30. The average Bonchev–Trinajstić information content (AvgIpc) is 2.12. The molecular weight excluding hydrogens is 242 g/mol. The van der Waals surface area contributed by atoms with Crippen molar-refractivity contribution in [3.8, 4) is 5.75 Å². The van der Waals surface area contributed by atoms with Crippen LogP contribution in [-0.4, -0.2) is 15.3 Å². The van der Waals surface area contributed by atoms with Gasteiger partial charge < -0.3 is 14.9 Å². The summed E-state index contributed by atoms with van der Waals surface area (Å²) in [6.07, 6.45) is 0.660. The molecule has 1 radical (unpaired) electrons. The van der Waals surface area contributed by atoms with E-state index >= 15 is 0 Å². The highest BCUT2D eigenvalue weighted by Crippen LogP contribution is 2.25. The molecule has 0 aliphatic heterocycles. The van der Waals surface area contributed by atoms with Gasteiger partial charge in [0.25, 0.3) is 0 Å². The van der Waals surface area contributed by atoms with E-state index in [0.717, 1.165) is 12.2 Å². The second-order valence-electron chi connectivity index (χ2n) is 5.91. The van der Waals surface area contributed by atoms with Gasteiger partial charge >= 0.3 is 0 Å². The highest BCUT2D eigenvalue weighted by Gasteiger charge is 2.22. The summed E-state index contributed by atoms with van der Waals surface area (Å²) in [4.78, 5) is 0. The lowest BCUT2D eigenvalue weighted by Gasteiger charge is -2.28. The van der Waals surface area contributed by atoms with Crippen molar-refractivity contribution in [1.29, 1.82) is 0 Å². The molecule has 3 nitrogen and oxygen atoms in total. The minimum atomic E-state index is -0.790. The standard InChI is InChI=1S/C14H24NO2Si/c1-14(2,3)10-13(17-18(4)5)16-12-8-6-7-11(15)9-12/h6-9,13H,10,15H2,1-5H3. The summed E-state index contributed by atoms with van der Waals surface area (Å²) < 4.78 is 11.8. The number of nitrogen functional groups attached to an aromatic ring is 1. The van der Waals surface area contributed by atoms with Crippen LogP contribution in [0.25, 0.3) is 0 Å². The number of benzene rings is 1. The van der Waals surface area contributed by atoms with Crippen LogP contribution in [0.2, 0.25) is 13.1 Å². The second-order valence-corrected chi connectivity index (χ2v) is 7.96. The van der Waals surface area contributed by atoms with E-state index in [1.807, 2.05) is 24.3 Å². The molecule has 0 aliphatic rings. The third kappa shape index (κ3) is 6.07. The van der Waals surface area contributed by atoms with E-state index < -0.39 is 9.04 Å². The fourth-order valence-corrected chi connectivity index (χ4v) is 2.27. The van der Waals surface area contributed by atoms with Crippen LogP contribution in [0.1, 0.15) is 27.2 Å². The van der Waals surface area contributed by atoms with Gasteiger partial charge in [-0.15, -0.1) is 0 Å². The van der Waals surface area contributed by atoms with Gasteiger partial charge in [0.05, 0.1) is 0 Å². The first kappa shape index (κ1) is 15.1. The molecule has 0 bridgehead atoms. The molecule has 18 heavy (non-hydrogen) atoms. The Kier molecular flexibility index (Phi) is 5.23. The van der Waals surface area contributed by atoms with Crippen molar-refractivity contribution in [3.05, 3.63) is 24.3 Å². The maximum atomic E-state index is 5.91. The molecule has 0 aliphatic carbocycles. The fourth-order valence-electron chi connectivity index (χ4n) is 1.61. The number of hydrogen-bond donors (Lipinski definition) is 1. The molecule has 1 atom stereocenters. The van der Waals surface area contributed by atoms with Crippen molar-refractivity contribution in [2.24, 2.45) is 5.41 Å². The number of rotatable bonds is 5. The molecule has 0 saturated carbocycles. The maximum absolute atomic E-state index is 5.91. The summed E-state index contributed by atoms with van der Waals surface area (Å²) >= 11 is 0. The predicted octanol–water partition coefficient (Wildman–Crippen LogP) is 3.68. The molecule has 0 aromatic heterocycles. The largest absolute Gasteiger partial charge is 0.466 e.